The molecule has 5 heteroatoms. The average Bonchev–Trinajstić information content (AvgIpc) is 2.92. The molecule has 0 spiro atoms. The molecule has 3 nitrogen and oxygen atoms in total. The number of nitrogens with zero attached hydrogens (tertiary/aromatic N) is 1. The molecule has 0 fully saturated rings. The lowest BCUT2D eigenvalue weighted by Crippen LogP contribution is -2.26. The van der Waals surface area contributed by atoms with Gasteiger partial charge in [0, 0.05) is 5.75 Å². The zero-order valence-electron chi connectivity index (χ0n) is 12.3. The Balaban J connectivity index is 2.14. The average molecular weight is 320 g/mol. The molecule has 0 bridgehead atoms. The highest BCUT2D eigenvalue weighted by Gasteiger charge is 2.20. The van der Waals surface area contributed by atoms with Gasteiger partial charge in [0.05, 0.1) is 22.1 Å². The third-order valence-corrected chi connectivity index (χ3v) is 5.04. The van der Waals surface area contributed by atoms with Crippen molar-refractivity contribution in [3.8, 4) is 0 Å². The number of unbranched alkanes of at least 4 members (excludes halogenated alkanes) is 1. The quantitative estimate of drug-likeness (QED) is 0.779. The Morgan fingerprint density at radius 3 is 2.76 bits per heavy atom. The van der Waals surface area contributed by atoms with Gasteiger partial charge in [0.1, 0.15) is 0 Å². The first-order valence-electron chi connectivity index (χ1n) is 7.10. The van der Waals surface area contributed by atoms with Crippen LogP contribution < -0.4 is 5.32 Å². The van der Waals surface area contributed by atoms with Crippen molar-refractivity contribution in [2.45, 2.75) is 32.7 Å². The van der Waals surface area contributed by atoms with Crippen LogP contribution in [0.5, 0.6) is 0 Å². The van der Waals surface area contributed by atoms with E-state index in [-0.39, 0.29) is 11.3 Å². The Kier molecular flexibility index (Phi) is 6.26. The van der Waals surface area contributed by atoms with Crippen LogP contribution in [0.4, 0.5) is 4.79 Å². The lowest BCUT2D eigenvalue weighted by Gasteiger charge is -2.18. The maximum atomic E-state index is 12.1. The standard InChI is InChI=1S/C16H20N2OS2/c1-3-4-10-20-16(19)18-14(13-8-6-5-7-9-13)15-12(2)17-11-21-15/h5-9,11,14H,3-4,10H2,1-2H3,(H,18,19). The second-order valence-electron chi connectivity index (χ2n) is 4.78. The maximum Gasteiger partial charge on any atom is 0.279 e. The third kappa shape index (κ3) is 4.58. The lowest BCUT2D eigenvalue weighted by atomic mass is 10.0. The van der Waals surface area contributed by atoms with Crippen molar-refractivity contribution in [3.05, 3.63) is 52.0 Å². The summed E-state index contributed by atoms with van der Waals surface area (Å²) in [4.78, 5) is 17.6. The van der Waals surface area contributed by atoms with E-state index in [9.17, 15) is 4.79 Å². The largest absolute Gasteiger partial charge is 0.335 e. The Labute approximate surface area is 134 Å². The van der Waals surface area contributed by atoms with E-state index in [1.165, 1.54) is 11.8 Å². The maximum absolute atomic E-state index is 12.1. The van der Waals surface area contributed by atoms with Gasteiger partial charge in [-0.2, -0.15) is 0 Å². The summed E-state index contributed by atoms with van der Waals surface area (Å²) in [5, 5.41) is 3.16. The molecule has 0 aliphatic heterocycles. The number of rotatable bonds is 6. The zero-order valence-corrected chi connectivity index (χ0v) is 14.0. The fourth-order valence-corrected chi connectivity index (χ4v) is 3.70. The van der Waals surface area contributed by atoms with Crippen molar-refractivity contribution in [2.75, 3.05) is 5.75 Å². The smallest absolute Gasteiger partial charge is 0.279 e. The third-order valence-electron chi connectivity index (χ3n) is 3.17. The molecule has 2 rings (SSSR count). The zero-order chi connectivity index (χ0) is 15.1. The molecule has 1 aromatic carbocycles. The summed E-state index contributed by atoms with van der Waals surface area (Å²) < 4.78 is 0. The molecule has 0 radical (unpaired) electrons. The number of benzene rings is 1. The van der Waals surface area contributed by atoms with E-state index in [4.69, 9.17) is 0 Å². The van der Waals surface area contributed by atoms with Crippen LogP contribution in [-0.2, 0) is 0 Å². The minimum absolute atomic E-state index is 0.0325. The molecule has 2 aromatic rings. The van der Waals surface area contributed by atoms with Gasteiger partial charge < -0.3 is 5.32 Å². The number of carbonyl (C=O) groups is 1. The van der Waals surface area contributed by atoms with Crippen LogP contribution in [0.25, 0.3) is 0 Å². The number of thiazole rings is 1. The summed E-state index contributed by atoms with van der Waals surface area (Å²) in [5.74, 6) is 0.867. The van der Waals surface area contributed by atoms with E-state index < -0.39 is 0 Å². The lowest BCUT2D eigenvalue weighted by molar-refractivity contribution is 0.259. The number of aryl methyl sites for hydroxylation is 1. The van der Waals surface area contributed by atoms with E-state index in [2.05, 4.69) is 17.2 Å². The van der Waals surface area contributed by atoms with Gasteiger partial charge in [0.25, 0.3) is 5.24 Å². The Bertz CT molecular complexity index is 569. The topological polar surface area (TPSA) is 42.0 Å². The Morgan fingerprint density at radius 2 is 2.14 bits per heavy atom. The SMILES string of the molecule is CCCCSC(=O)NC(c1ccccc1)c1scnc1C. The molecule has 0 saturated heterocycles. The number of carbonyl (C=O) groups excluding carboxylic acids is 1. The molecule has 0 aliphatic rings. The number of thioether (sulfide) groups is 1. The monoisotopic (exact) mass is 320 g/mol. The highest BCUT2D eigenvalue weighted by atomic mass is 32.2. The highest BCUT2D eigenvalue weighted by molar-refractivity contribution is 8.13. The van der Waals surface area contributed by atoms with Crippen molar-refractivity contribution in [1.29, 1.82) is 0 Å². The van der Waals surface area contributed by atoms with Crippen molar-refractivity contribution >= 4 is 28.3 Å². The second kappa shape index (κ2) is 8.20. The fourth-order valence-electron chi connectivity index (χ4n) is 2.00. The second-order valence-corrected chi connectivity index (χ2v) is 6.73. The summed E-state index contributed by atoms with van der Waals surface area (Å²) in [6.45, 7) is 4.12. The van der Waals surface area contributed by atoms with Gasteiger partial charge >= 0.3 is 0 Å². The molecule has 1 aromatic heterocycles. The van der Waals surface area contributed by atoms with Crippen LogP contribution in [0.3, 0.4) is 0 Å². The number of nitrogens with one attached hydrogen (secondary N) is 1. The van der Waals surface area contributed by atoms with Crippen LogP contribution in [0.2, 0.25) is 0 Å². The van der Waals surface area contributed by atoms with E-state index in [0.717, 1.165) is 34.7 Å². The number of amides is 1. The number of aromatic nitrogens is 1. The van der Waals surface area contributed by atoms with Crippen molar-refractivity contribution in [1.82, 2.24) is 10.3 Å². The Hall–Kier alpha value is -1.33. The molecule has 1 unspecified atom stereocenters. The van der Waals surface area contributed by atoms with Crippen molar-refractivity contribution in [2.24, 2.45) is 0 Å². The van der Waals surface area contributed by atoms with E-state index >= 15 is 0 Å². The first-order chi connectivity index (χ1) is 10.2. The first-order valence-corrected chi connectivity index (χ1v) is 8.97. The van der Waals surface area contributed by atoms with Gasteiger partial charge in [0.15, 0.2) is 0 Å². The molecule has 1 heterocycles. The molecule has 1 atom stereocenters. The summed E-state index contributed by atoms with van der Waals surface area (Å²) in [7, 11) is 0. The molecule has 0 saturated carbocycles. The fraction of sp³-hybridized carbons (Fsp3) is 0.375. The van der Waals surface area contributed by atoms with Gasteiger partial charge in [-0.1, -0.05) is 55.4 Å². The van der Waals surface area contributed by atoms with Gasteiger partial charge in [-0.3, -0.25) is 4.79 Å². The molecule has 0 aliphatic carbocycles. The van der Waals surface area contributed by atoms with Crippen LogP contribution in [0.1, 0.15) is 41.9 Å². The van der Waals surface area contributed by atoms with E-state index in [0.29, 0.717) is 0 Å². The predicted octanol–water partition coefficient (Wildman–Crippen LogP) is 4.78. The molecular weight excluding hydrogens is 300 g/mol. The predicted molar refractivity (Wildman–Crippen MR) is 91.0 cm³/mol. The van der Waals surface area contributed by atoms with Gasteiger partial charge in [0.2, 0.25) is 0 Å². The van der Waals surface area contributed by atoms with Crippen LogP contribution in [0, 0.1) is 6.92 Å². The van der Waals surface area contributed by atoms with Gasteiger partial charge in [-0.25, -0.2) is 4.98 Å². The van der Waals surface area contributed by atoms with Crippen molar-refractivity contribution < 1.29 is 4.79 Å². The van der Waals surface area contributed by atoms with Gasteiger partial charge in [-0.05, 0) is 18.9 Å². The highest BCUT2D eigenvalue weighted by Crippen LogP contribution is 2.28. The molecule has 1 N–H and O–H groups in total. The molecule has 112 valence electrons. The first kappa shape index (κ1) is 16.0. The molecule has 1 amide bonds. The molecule has 21 heavy (non-hydrogen) atoms. The Morgan fingerprint density at radius 1 is 1.38 bits per heavy atom. The van der Waals surface area contributed by atoms with Crippen LogP contribution in [-0.4, -0.2) is 16.0 Å². The minimum Gasteiger partial charge on any atom is -0.335 e. The summed E-state index contributed by atoms with van der Waals surface area (Å²) in [5.41, 5.74) is 3.90. The summed E-state index contributed by atoms with van der Waals surface area (Å²) in [6.07, 6.45) is 2.17. The van der Waals surface area contributed by atoms with E-state index in [1.807, 2.05) is 42.8 Å². The van der Waals surface area contributed by atoms with Crippen molar-refractivity contribution in [3.63, 3.8) is 0 Å². The number of hydrogen-bond donors (Lipinski definition) is 1. The normalized spacial score (nSPS) is 12.1. The van der Waals surface area contributed by atoms with Crippen LogP contribution >= 0.6 is 23.1 Å². The van der Waals surface area contributed by atoms with Crippen LogP contribution in [0.15, 0.2) is 35.8 Å². The van der Waals surface area contributed by atoms with E-state index in [1.54, 1.807) is 11.3 Å². The minimum atomic E-state index is -0.111. The molecular formula is C16H20N2OS2. The van der Waals surface area contributed by atoms with Gasteiger partial charge in [-0.15, -0.1) is 11.3 Å². The summed E-state index contributed by atoms with van der Waals surface area (Å²) in [6, 6.07) is 9.95. The number of hydrogen-bond acceptors (Lipinski definition) is 4. The summed E-state index contributed by atoms with van der Waals surface area (Å²) >= 11 is 2.95.